The first-order valence-electron chi connectivity index (χ1n) is 34.7. The molecule has 0 amide bonds. The SMILES string of the molecule is CC[C@@]1(O)C(=O)OCc2c1cc1n(c2=O)Cc2cc3cc([B]OC=O)ccc3nc2-1.CC[C@@]1(OC(=O)CON=C2c3cc([N+](=O)[O-])cc([N+](=O)[O-])c3-c3c2cc([N+](=O)[O-])cc3[N+](=O)[O-])C(=O)OCc2c1cc1n(c2=O)Cc2cc3cc([B]OC=O)ccc3nc2-1.O=C(O)CON=C1c2cc([N+](=O)[O-])cc([N+](=O)[O-])c2-c2c1cc([N+](=O)[O-])cc2[N+](=O)[O-]. The average Bonchev–Trinajstić information content (AvgIpc) is 1.65. The number of carboxylic acid groups (broad SMARTS) is 1. The summed E-state index contributed by atoms with van der Waals surface area (Å²) in [4.78, 5) is 203. The first kappa shape index (κ1) is 80.7. The predicted molar refractivity (Wildman–Crippen MR) is 406 cm³/mol. The molecule has 10 aromatic rings. The van der Waals surface area contributed by atoms with Crippen molar-refractivity contribution < 1.29 is 112 Å². The zero-order valence-corrected chi connectivity index (χ0v) is 61.2. The Bertz CT molecular complexity index is 6500. The van der Waals surface area contributed by atoms with Crippen LogP contribution in [0.25, 0.3) is 66.8 Å². The van der Waals surface area contributed by atoms with Crippen molar-refractivity contribution in [1.29, 1.82) is 0 Å². The van der Waals surface area contributed by atoms with Crippen LogP contribution in [0.15, 0.2) is 129 Å². The Kier molecular flexibility index (Phi) is 20.7. The molecule has 0 saturated carbocycles. The summed E-state index contributed by atoms with van der Waals surface area (Å²) in [5.74, 6) is -4.49. The number of aromatic nitrogens is 4. The van der Waals surface area contributed by atoms with Gasteiger partial charge in [0.15, 0.2) is 5.60 Å². The minimum atomic E-state index is -2.20. The van der Waals surface area contributed by atoms with Crippen LogP contribution in [-0.2, 0) is 99.5 Å². The van der Waals surface area contributed by atoms with Crippen LogP contribution in [0.1, 0.15) is 82.3 Å². The van der Waals surface area contributed by atoms with Crippen LogP contribution in [-0.4, -0.2) is 145 Å². The number of aliphatic carboxylic acids is 1. The van der Waals surface area contributed by atoms with E-state index < -0.39 is 190 Å². The van der Waals surface area contributed by atoms with Gasteiger partial charge in [-0.05, 0) is 60.2 Å². The summed E-state index contributed by atoms with van der Waals surface area (Å²) in [5, 5.41) is 122. The number of aliphatic hydroxyl groups is 1. The monoisotopic (exact) mass is 1650 g/mol. The zero-order valence-electron chi connectivity index (χ0n) is 61.2. The number of hydrogen-bond acceptors (Lipinski definition) is 36. The highest BCUT2D eigenvalue weighted by Gasteiger charge is 2.52. The van der Waals surface area contributed by atoms with Gasteiger partial charge in [0.2, 0.25) is 18.8 Å². The number of fused-ring (bicyclic) bond motifs is 16. The van der Waals surface area contributed by atoms with Crippen molar-refractivity contribution in [2.24, 2.45) is 10.3 Å². The molecule has 121 heavy (non-hydrogen) atoms. The van der Waals surface area contributed by atoms with Crippen LogP contribution < -0.4 is 22.0 Å². The number of cyclic esters (lactones) is 2. The molecule has 2 atom stereocenters. The molecule has 6 aliphatic rings. The van der Waals surface area contributed by atoms with E-state index in [9.17, 15) is 124 Å². The van der Waals surface area contributed by atoms with Gasteiger partial charge in [0.1, 0.15) is 24.6 Å². The summed E-state index contributed by atoms with van der Waals surface area (Å²) < 4.78 is 28.6. The topological polar surface area (TPSA) is 647 Å². The van der Waals surface area contributed by atoms with E-state index in [0.29, 0.717) is 104 Å². The van der Waals surface area contributed by atoms with Gasteiger partial charge in [-0.15, -0.1) is 0 Å². The number of oxime groups is 2. The molecule has 0 fully saturated rings. The number of nitrogens with zero attached hydrogens (tertiary/aromatic N) is 14. The lowest BCUT2D eigenvalue weighted by Crippen LogP contribution is -2.48. The van der Waals surface area contributed by atoms with Crippen molar-refractivity contribution in [3.8, 4) is 45.0 Å². The van der Waals surface area contributed by atoms with Crippen LogP contribution in [0.4, 0.5) is 45.5 Å². The number of carboxylic acids is 1. The molecular weight excluding hydrogens is 1610 g/mol. The van der Waals surface area contributed by atoms with Gasteiger partial charge in [0.05, 0.1) is 144 Å². The molecule has 0 unspecified atom stereocenters. The van der Waals surface area contributed by atoms with Crippen LogP contribution in [0.5, 0.6) is 0 Å². The molecule has 0 spiro atoms. The molecule has 47 nitrogen and oxygen atoms in total. The van der Waals surface area contributed by atoms with Crippen molar-refractivity contribution in [3.05, 3.63) is 266 Å². The number of carbonyl (C=O) groups is 6. The summed E-state index contributed by atoms with van der Waals surface area (Å²) >= 11 is 0. The number of pyridine rings is 4. The lowest BCUT2D eigenvalue weighted by Gasteiger charge is -2.35. The minimum Gasteiger partial charge on any atom is -0.535 e. The predicted octanol–water partition coefficient (Wildman–Crippen LogP) is 5.78. The first-order chi connectivity index (χ1) is 57.6. The highest BCUT2D eigenvalue weighted by molar-refractivity contribution is 6.49. The second-order valence-electron chi connectivity index (χ2n) is 26.7. The molecule has 0 bridgehead atoms. The molecule has 0 saturated heterocycles. The second-order valence-corrected chi connectivity index (χ2v) is 26.7. The third-order valence-corrected chi connectivity index (χ3v) is 20.1. The number of carbonyl (C=O) groups excluding carboxylic acids is 5. The number of rotatable bonds is 23. The molecule has 16 rings (SSSR count). The van der Waals surface area contributed by atoms with Gasteiger partial charge in [0.25, 0.3) is 69.6 Å². The maximum atomic E-state index is 14.0. The van der Waals surface area contributed by atoms with Crippen LogP contribution in [0, 0.1) is 80.9 Å². The van der Waals surface area contributed by atoms with Crippen molar-refractivity contribution in [2.45, 2.75) is 64.2 Å². The number of benzene rings is 6. The maximum absolute atomic E-state index is 14.0. The fourth-order valence-corrected chi connectivity index (χ4v) is 14.8. The van der Waals surface area contributed by atoms with E-state index in [1.165, 1.54) is 32.5 Å². The molecule has 2 aliphatic carbocycles. The van der Waals surface area contributed by atoms with Crippen LogP contribution >= 0.6 is 0 Å². The number of hydrogen-bond donors (Lipinski definition) is 2. The Labute approximate surface area is 668 Å². The summed E-state index contributed by atoms with van der Waals surface area (Å²) in [6, 6.07) is 22.9. The summed E-state index contributed by atoms with van der Waals surface area (Å²) in [6.07, 6.45) is -0.147. The maximum Gasteiger partial charge on any atom is 0.412 e. The Hall–Kier alpha value is -16.9. The van der Waals surface area contributed by atoms with Crippen LogP contribution in [0.3, 0.4) is 0 Å². The highest BCUT2D eigenvalue weighted by atomic mass is 16.7. The van der Waals surface area contributed by atoms with Gasteiger partial charge < -0.3 is 52.5 Å². The molecule has 49 heteroatoms. The van der Waals surface area contributed by atoms with Crippen molar-refractivity contribution in [1.82, 2.24) is 19.1 Å². The number of nitro groups is 8. The van der Waals surface area contributed by atoms with Gasteiger partial charge in [-0.1, -0.05) is 48.4 Å². The Morgan fingerprint density at radius 1 is 0.504 bits per heavy atom. The van der Waals surface area contributed by atoms with Crippen molar-refractivity contribution >= 4 is 141 Å². The quantitative estimate of drug-likeness (QED) is 0.0191. The van der Waals surface area contributed by atoms with E-state index in [-0.39, 0.29) is 60.3 Å². The zero-order chi connectivity index (χ0) is 86.9. The lowest BCUT2D eigenvalue weighted by atomic mass is 9.85. The van der Waals surface area contributed by atoms with Gasteiger partial charge in [-0.2, -0.15) is 0 Å². The van der Waals surface area contributed by atoms with Crippen molar-refractivity contribution in [2.75, 3.05) is 13.2 Å². The van der Waals surface area contributed by atoms with Crippen molar-refractivity contribution in [3.63, 3.8) is 0 Å². The normalized spacial score (nSPS) is 15.2. The Morgan fingerprint density at radius 2 is 0.876 bits per heavy atom. The van der Waals surface area contributed by atoms with E-state index in [2.05, 4.69) is 19.8 Å². The molecule has 2 N–H and O–H groups in total. The number of nitro benzene ring substituents is 8. The summed E-state index contributed by atoms with van der Waals surface area (Å²) in [6.45, 7) is 1.51. The average molecular weight is 1650 g/mol. The minimum absolute atomic E-state index is 0.0139. The van der Waals surface area contributed by atoms with Gasteiger partial charge in [-0.3, -0.25) is 100 Å². The second kappa shape index (κ2) is 31.0. The van der Waals surface area contributed by atoms with Gasteiger partial charge in [0, 0.05) is 79.5 Å². The Morgan fingerprint density at radius 3 is 1.23 bits per heavy atom. The molecule has 2 radical (unpaired) electrons. The molecule has 4 aromatic heterocycles. The third-order valence-electron chi connectivity index (χ3n) is 20.1. The number of non-ortho nitro benzene ring substituents is 4. The number of esters is 3. The molecular formula is C72H44B2N14O33. The summed E-state index contributed by atoms with van der Waals surface area (Å²) in [5.41, 5.74) is -9.73. The fourth-order valence-electron chi connectivity index (χ4n) is 14.8. The molecule has 6 aromatic carbocycles. The Balaban J connectivity index is 0.000000164. The molecule has 4 aliphatic heterocycles. The van der Waals surface area contributed by atoms with Crippen LogP contribution in [0.2, 0.25) is 0 Å². The highest BCUT2D eigenvalue weighted by Crippen LogP contribution is 2.53. The number of ether oxygens (including phenoxy) is 3. The lowest BCUT2D eigenvalue weighted by molar-refractivity contribution is -0.395. The van der Waals surface area contributed by atoms with Gasteiger partial charge in [-0.25, -0.2) is 29.1 Å². The third kappa shape index (κ3) is 14.0. The van der Waals surface area contributed by atoms with E-state index in [1.54, 1.807) is 47.9 Å². The molecule has 606 valence electrons. The summed E-state index contributed by atoms with van der Waals surface area (Å²) in [7, 11) is 2.60. The molecule has 8 heterocycles. The fraction of sp³-hybridized carbons (Fsp3) is 0.167. The van der Waals surface area contributed by atoms with E-state index in [0.717, 1.165) is 35.2 Å². The van der Waals surface area contributed by atoms with E-state index >= 15 is 0 Å². The smallest absolute Gasteiger partial charge is 0.412 e. The largest absolute Gasteiger partial charge is 0.535 e. The van der Waals surface area contributed by atoms with E-state index in [4.69, 9.17) is 38.8 Å². The first-order valence-corrected chi connectivity index (χ1v) is 34.7. The van der Waals surface area contributed by atoms with Gasteiger partial charge >= 0.3 is 38.8 Å². The standard InChI is InChI=1S/C36H21BN7O16.C21H16BN2O6.C15H7N5O11/c1-2-36(24-11-28-32-17(12-40(28)34(47)23(24)13-57-35(36)48)5-16-6-18(37-58-15-45)3-4-25(16)38-32)60-29(46)14-59-39-33-21-7-19(41(49)50)9-26(43(53)54)30(21)31-22(33)8-20(42(51)52)10-27(31)44(55)56;1-2-21(28)15-7-17-18-12(8-24(17)19(26)14(15)9-29-20(21)27)5-11-6-13(22-30-10-25)3-4-16(11)23-18;21-12(22)5-31-16-15-8-1-6(17(23)24)3-10(19(27)28)13(8)14-9(15)2-7(18(25)26)4-11(14)20(29)30/h3-11,15H,2,12-14H2,1H3;3-7,10,28H,2,8-9H2,1H3;1-4H,5H2,(H,21,22)/t36-;21-;/m00./s1. The van der Waals surface area contributed by atoms with E-state index in [1.807, 2.05) is 18.2 Å².